The summed E-state index contributed by atoms with van der Waals surface area (Å²) >= 11 is 0. The molecular weight excluding hydrogens is 316 g/mol. The van der Waals surface area contributed by atoms with Crippen LogP contribution in [-0.4, -0.2) is 28.0 Å². The van der Waals surface area contributed by atoms with E-state index >= 15 is 0 Å². The summed E-state index contributed by atoms with van der Waals surface area (Å²) in [5, 5.41) is 0. The minimum Gasteiger partial charge on any atom is -0.469 e. The zero-order chi connectivity index (χ0) is 16.9. The van der Waals surface area contributed by atoms with Gasteiger partial charge in [-0.15, -0.1) is 0 Å². The largest absolute Gasteiger partial charge is 0.469 e. The molecule has 0 aliphatic carbocycles. The lowest BCUT2D eigenvalue weighted by Gasteiger charge is -2.08. The van der Waals surface area contributed by atoms with Crippen LogP contribution in [0.15, 0.2) is 53.4 Å². The second kappa shape index (κ2) is 7.26. The van der Waals surface area contributed by atoms with E-state index in [1.807, 2.05) is 12.1 Å². The molecule has 0 heterocycles. The number of esters is 1. The summed E-state index contributed by atoms with van der Waals surface area (Å²) < 4.78 is 31.1. The Morgan fingerprint density at radius 1 is 1.04 bits per heavy atom. The number of carbonyl (C=O) groups excluding carboxylic acids is 1. The summed E-state index contributed by atoms with van der Waals surface area (Å²) in [4.78, 5) is 11.1. The average molecular weight is 334 g/mol. The first-order chi connectivity index (χ1) is 10.9. The number of nitrogens with two attached hydrogens (primary N) is 1. The lowest BCUT2D eigenvalue weighted by atomic mass is 10.1. The molecular formula is C16H18N2O4S. The van der Waals surface area contributed by atoms with Crippen LogP contribution in [0.25, 0.3) is 11.1 Å². The van der Waals surface area contributed by atoms with Gasteiger partial charge in [0.1, 0.15) is 0 Å². The molecule has 122 valence electrons. The molecule has 2 rings (SSSR count). The number of nitrogens with one attached hydrogen (secondary N) is 1. The van der Waals surface area contributed by atoms with Gasteiger partial charge in [-0.2, -0.15) is 0 Å². The first kappa shape index (κ1) is 17.0. The highest BCUT2D eigenvalue weighted by atomic mass is 32.2. The zero-order valence-electron chi connectivity index (χ0n) is 12.7. The maximum atomic E-state index is 12.1. The molecule has 7 heteroatoms. The molecule has 2 aromatic rings. The first-order valence-electron chi connectivity index (χ1n) is 6.95. The van der Waals surface area contributed by atoms with E-state index in [1.54, 1.807) is 24.3 Å². The Morgan fingerprint density at radius 3 is 2.09 bits per heavy atom. The molecule has 0 aliphatic rings. The van der Waals surface area contributed by atoms with Gasteiger partial charge in [-0.3, -0.25) is 4.79 Å². The standard InChI is InChI=1S/C16H18N2O4S/c1-22-16(19)10-11-18-23(20,21)15-8-4-13(5-9-15)12-2-6-14(17)7-3-12/h2-9,18H,10-11,17H2,1H3. The Hall–Kier alpha value is -2.38. The van der Waals surface area contributed by atoms with Crippen molar-refractivity contribution in [3.8, 4) is 11.1 Å². The van der Waals surface area contributed by atoms with Crippen LogP contribution in [0.1, 0.15) is 6.42 Å². The number of hydrogen-bond acceptors (Lipinski definition) is 5. The number of benzene rings is 2. The van der Waals surface area contributed by atoms with E-state index < -0.39 is 16.0 Å². The molecule has 0 radical (unpaired) electrons. The van der Waals surface area contributed by atoms with Crippen LogP contribution in [0.2, 0.25) is 0 Å². The van der Waals surface area contributed by atoms with Crippen molar-refractivity contribution < 1.29 is 17.9 Å². The van der Waals surface area contributed by atoms with Crippen molar-refractivity contribution in [3.05, 3.63) is 48.5 Å². The van der Waals surface area contributed by atoms with E-state index in [1.165, 1.54) is 19.2 Å². The third kappa shape index (κ3) is 4.54. The smallest absolute Gasteiger partial charge is 0.306 e. The number of rotatable bonds is 6. The van der Waals surface area contributed by atoms with Gasteiger partial charge in [-0.05, 0) is 35.4 Å². The Bertz CT molecular complexity index is 769. The summed E-state index contributed by atoms with van der Waals surface area (Å²) in [5.74, 6) is -0.466. The fourth-order valence-electron chi connectivity index (χ4n) is 1.97. The summed E-state index contributed by atoms with van der Waals surface area (Å²) in [6.07, 6.45) is -0.0146. The van der Waals surface area contributed by atoms with E-state index in [2.05, 4.69) is 9.46 Å². The first-order valence-corrected chi connectivity index (χ1v) is 8.43. The topological polar surface area (TPSA) is 98.5 Å². The average Bonchev–Trinajstić information content (AvgIpc) is 2.55. The Morgan fingerprint density at radius 2 is 1.57 bits per heavy atom. The molecule has 0 aliphatic heterocycles. The highest BCUT2D eigenvalue weighted by Crippen LogP contribution is 2.22. The van der Waals surface area contributed by atoms with Gasteiger partial charge in [-0.25, -0.2) is 13.1 Å². The van der Waals surface area contributed by atoms with E-state index in [-0.39, 0.29) is 17.9 Å². The number of hydrogen-bond donors (Lipinski definition) is 2. The molecule has 0 bridgehead atoms. The molecule has 23 heavy (non-hydrogen) atoms. The van der Waals surface area contributed by atoms with E-state index in [0.29, 0.717) is 5.69 Å². The van der Waals surface area contributed by atoms with Gasteiger partial charge in [0.2, 0.25) is 10.0 Å². The van der Waals surface area contributed by atoms with Crippen molar-refractivity contribution in [1.82, 2.24) is 4.72 Å². The van der Waals surface area contributed by atoms with Crippen LogP contribution < -0.4 is 10.5 Å². The lowest BCUT2D eigenvalue weighted by Crippen LogP contribution is -2.26. The highest BCUT2D eigenvalue weighted by Gasteiger charge is 2.14. The molecule has 0 spiro atoms. The second-order valence-electron chi connectivity index (χ2n) is 4.87. The third-order valence-corrected chi connectivity index (χ3v) is 4.73. The predicted octanol–water partition coefficient (Wildman–Crippen LogP) is 1.78. The molecule has 0 aromatic heterocycles. The molecule has 0 saturated carbocycles. The van der Waals surface area contributed by atoms with E-state index in [4.69, 9.17) is 5.73 Å². The highest BCUT2D eigenvalue weighted by molar-refractivity contribution is 7.89. The summed E-state index contributed by atoms with van der Waals surface area (Å²) in [6, 6.07) is 13.8. The Labute approximate surface area is 135 Å². The molecule has 0 fully saturated rings. The quantitative estimate of drug-likeness (QED) is 0.620. The Kier molecular flexibility index (Phi) is 5.36. The number of ether oxygens (including phenoxy) is 1. The number of anilines is 1. The maximum absolute atomic E-state index is 12.1. The van der Waals surface area contributed by atoms with Gasteiger partial charge in [0.05, 0.1) is 18.4 Å². The van der Waals surface area contributed by atoms with Gasteiger partial charge in [0, 0.05) is 12.2 Å². The number of nitrogen functional groups attached to an aromatic ring is 1. The van der Waals surface area contributed by atoms with Crippen LogP contribution in [0.3, 0.4) is 0 Å². The van der Waals surface area contributed by atoms with Crippen LogP contribution in [0.4, 0.5) is 5.69 Å². The number of methoxy groups -OCH3 is 1. The van der Waals surface area contributed by atoms with Gasteiger partial charge < -0.3 is 10.5 Å². The molecule has 0 atom stereocenters. The van der Waals surface area contributed by atoms with Gasteiger partial charge in [0.25, 0.3) is 0 Å². The number of sulfonamides is 1. The normalized spacial score (nSPS) is 11.2. The SMILES string of the molecule is COC(=O)CCNS(=O)(=O)c1ccc(-c2ccc(N)cc2)cc1. The van der Waals surface area contributed by atoms with Crippen molar-refractivity contribution in [2.75, 3.05) is 19.4 Å². The molecule has 0 unspecified atom stereocenters. The van der Waals surface area contributed by atoms with Crippen molar-refractivity contribution in [1.29, 1.82) is 0 Å². The third-order valence-electron chi connectivity index (χ3n) is 3.26. The molecule has 0 amide bonds. The fourth-order valence-corrected chi connectivity index (χ4v) is 3.01. The maximum Gasteiger partial charge on any atom is 0.306 e. The van der Waals surface area contributed by atoms with Crippen molar-refractivity contribution in [3.63, 3.8) is 0 Å². The predicted molar refractivity (Wildman–Crippen MR) is 88.1 cm³/mol. The van der Waals surface area contributed by atoms with E-state index in [0.717, 1.165) is 11.1 Å². The second-order valence-corrected chi connectivity index (χ2v) is 6.64. The molecule has 3 N–H and O–H groups in total. The van der Waals surface area contributed by atoms with Crippen LogP contribution >= 0.6 is 0 Å². The van der Waals surface area contributed by atoms with Crippen LogP contribution in [0, 0.1) is 0 Å². The molecule has 2 aromatic carbocycles. The summed E-state index contributed by atoms with van der Waals surface area (Å²) in [7, 11) is -2.39. The molecule has 6 nitrogen and oxygen atoms in total. The summed E-state index contributed by atoms with van der Waals surface area (Å²) in [6.45, 7) is -0.00524. The van der Waals surface area contributed by atoms with Gasteiger partial charge in [-0.1, -0.05) is 24.3 Å². The van der Waals surface area contributed by atoms with Gasteiger partial charge in [0.15, 0.2) is 0 Å². The minimum atomic E-state index is -3.65. The van der Waals surface area contributed by atoms with Crippen molar-refractivity contribution in [2.45, 2.75) is 11.3 Å². The van der Waals surface area contributed by atoms with Crippen molar-refractivity contribution >= 4 is 21.7 Å². The Balaban J connectivity index is 2.09. The van der Waals surface area contributed by atoms with Crippen LogP contribution in [-0.2, 0) is 19.6 Å². The lowest BCUT2D eigenvalue weighted by molar-refractivity contribution is -0.140. The minimum absolute atomic E-state index is 0.00524. The van der Waals surface area contributed by atoms with Gasteiger partial charge >= 0.3 is 5.97 Å². The van der Waals surface area contributed by atoms with E-state index in [9.17, 15) is 13.2 Å². The summed E-state index contributed by atoms with van der Waals surface area (Å²) in [5.41, 5.74) is 8.15. The molecule has 0 saturated heterocycles. The van der Waals surface area contributed by atoms with Crippen LogP contribution in [0.5, 0.6) is 0 Å². The monoisotopic (exact) mass is 334 g/mol. The zero-order valence-corrected chi connectivity index (χ0v) is 13.5. The van der Waals surface area contributed by atoms with Crippen molar-refractivity contribution in [2.24, 2.45) is 0 Å². The fraction of sp³-hybridized carbons (Fsp3) is 0.188. The number of carbonyl (C=O) groups is 1.